The van der Waals surface area contributed by atoms with E-state index in [0.29, 0.717) is 30.4 Å². The normalized spacial score (nSPS) is 13.9. The molecule has 0 atom stereocenters. The van der Waals surface area contributed by atoms with Crippen molar-refractivity contribution in [3.63, 3.8) is 0 Å². The molecular formula is C27H26N4O2. The number of hydrogen-bond acceptors (Lipinski definition) is 5. The molecule has 0 unspecified atom stereocenters. The van der Waals surface area contributed by atoms with E-state index in [-0.39, 0.29) is 5.91 Å². The Kier molecular flexibility index (Phi) is 5.65. The number of anilines is 1. The number of carbonyl (C=O) groups excluding carboxylic acids is 1. The van der Waals surface area contributed by atoms with Gasteiger partial charge in [-0.25, -0.2) is 0 Å². The summed E-state index contributed by atoms with van der Waals surface area (Å²) in [6.45, 7) is 7.20. The summed E-state index contributed by atoms with van der Waals surface area (Å²) in [5.74, 6) is 0.981. The van der Waals surface area contributed by atoms with Crippen LogP contribution in [-0.4, -0.2) is 47.2 Å². The number of piperazine rings is 1. The number of aromatic nitrogens is 2. The summed E-state index contributed by atoms with van der Waals surface area (Å²) >= 11 is 0. The lowest BCUT2D eigenvalue weighted by Gasteiger charge is -2.36. The van der Waals surface area contributed by atoms with Crippen molar-refractivity contribution in [2.24, 2.45) is 0 Å². The third-order valence-corrected chi connectivity index (χ3v) is 6.00. The average molecular weight is 439 g/mol. The molecule has 0 bridgehead atoms. The van der Waals surface area contributed by atoms with Gasteiger partial charge in [0, 0.05) is 48.6 Å². The number of carbonyl (C=O) groups is 1. The Labute approximate surface area is 193 Å². The fourth-order valence-electron chi connectivity index (χ4n) is 4.16. The molecule has 0 radical (unpaired) electrons. The summed E-state index contributed by atoms with van der Waals surface area (Å²) in [7, 11) is 0. The lowest BCUT2D eigenvalue weighted by atomic mass is 10.1. The Bertz CT molecular complexity index is 1270. The monoisotopic (exact) mass is 438 g/mol. The second-order valence-corrected chi connectivity index (χ2v) is 8.48. The average Bonchev–Trinajstić information content (AvgIpc) is 3.34. The van der Waals surface area contributed by atoms with Crippen molar-refractivity contribution in [1.29, 1.82) is 0 Å². The topological polar surface area (TPSA) is 62.5 Å². The predicted molar refractivity (Wildman–Crippen MR) is 129 cm³/mol. The molecule has 0 N–H and O–H groups in total. The first-order chi connectivity index (χ1) is 16.1. The van der Waals surface area contributed by atoms with Crippen LogP contribution in [0.2, 0.25) is 0 Å². The smallest absolute Gasteiger partial charge is 0.253 e. The van der Waals surface area contributed by atoms with Gasteiger partial charge >= 0.3 is 0 Å². The van der Waals surface area contributed by atoms with Crippen LogP contribution in [0.15, 0.2) is 77.2 Å². The van der Waals surface area contributed by atoms with E-state index < -0.39 is 0 Å². The van der Waals surface area contributed by atoms with Gasteiger partial charge in [0.05, 0.1) is 0 Å². The molecule has 1 aromatic heterocycles. The van der Waals surface area contributed by atoms with Gasteiger partial charge in [0.2, 0.25) is 11.8 Å². The van der Waals surface area contributed by atoms with E-state index in [1.165, 1.54) is 11.3 Å². The molecule has 3 aromatic carbocycles. The maximum absolute atomic E-state index is 13.0. The summed E-state index contributed by atoms with van der Waals surface area (Å²) in [6.07, 6.45) is 0. The van der Waals surface area contributed by atoms with Crippen LogP contribution in [0.25, 0.3) is 22.9 Å². The molecule has 1 aliphatic heterocycles. The largest absolute Gasteiger partial charge is 0.416 e. The molecule has 0 saturated carbocycles. The molecule has 1 fully saturated rings. The van der Waals surface area contributed by atoms with Gasteiger partial charge in [-0.2, -0.15) is 0 Å². The maximum Gasteiger partial charge on any atom is 0.253 e. The fraction of sp³-hybridized carbons (Fsp3) is 0.222. The van der Waals surface area contributed by atoms with Crippen LogP contribution < -0.4 is 4.90 Å². The molecule has 0 spiro atoms. The van der Waals surface area contributed by atoms with E-state index >= 15 is 0 Å². The minimum atomic E-state index is 0.0522. The molecule has 2 heterocycles. The number of hydrogen-bond donors (Lipinski definition) is 0. The van der Waals surface area contributed by atoms with Gasteiger partial charge in [0.25, 0.3) is 5.91 Å². The quantitative estimate of drug-likeness (QED) is 0.450. The van der Waals surface area contributed by atoms with Gasteiger partial charge < -0.3 is 14.2 Å². The predicted octanol–water partition coefficient (Wildman–Crippen LogP) is 4.98. The van der Waals surface area contributed by atoms with Crippen LogP contribution in [0, 0.1) is 13.8 Å². The van der Waals surface area contributed by atoms with Gasteiger partial charge in [0.1, 0.15) is 0 Å². The second-order valence-electron chi connectivity index (χ2n) is 8.48. The lowest BCUT2D eigenvalue weighted by molar-refractivity contribution is 0.0747. The van der Waals surface area contributed by atoms with Crippen molar-refractivity contribution in [2.75, 3.05) is 31.1 Å². The zero-order valence-corrected chi connectivity index (χ0v) is 18.9. The zero-order valence-electron chi connectivity index (χ0n) is 18.9. The van der Waals surface area contributed by atoms with E-state index in [0.717, 1.165) is 29.8 Å². The van der Waals surface area contributed by atoms with Crippen LogP contribution in [0.4, 0.5) is 5.69 Å². The Morgan fingerprint density at radius 1 is 0.758 bits per heavy atom. The van der Waals surface area contributed by atoms with Crippen LogP contribution in [0.1, 0.15) is 21.5 Å². The molecule has 1 saturated heterocycles. The number of aryl methyl sites for hydroxylation is 2. The summed E-state index contributed by atoms with van der Waals surface area (Å²) in [5, 5.41) is 8.36. The Morgan fingerprint density at radius 2 is 1.39 bits per heavy atom. The summed E-state index contributed by atoms with van der Waals surface area (Å²) in [4.78, 5) is 17.3. The Hall–Kier alpha value is -3.93. The highest BCUT2D eigenvalue weighted by Crippen LogP contribution is 2.25. The standard InChI is InChI=1S/C27H26N4O2/c1-19-5-3-7-23(17-19)26-29-28-25(33-26)21-9-11-22(12-10-21)27(32)31-15-13-30(14-16-31)24-8-4-6-20(2)18-24/h3-12,17-18H,13-16H2,1-2H3. The van der Waals surface area contributed by atoms with Gasteiger partial charge in [-0.3, -0.25) is 4.79 Å². The van der Waals surface area contributed by atoms with E-state index in [9.17, 15) is 4.79 Å². The van der Waals surface area contributed by atoms with Crippen LogP contribution in [0.5, 0.6) is 0 Å². The number of rotatable bonds is 4. The summed E-state index contributed by atoms with van der Waals surface area (Å²) in [5.41, 5.74) is 5.96. The second kappa shape index (κ2) is 8.90. The Balaban J connectivity index is 1.24. The van der Waals surface area contributed by atoms with Crippen LogP contribution in [-0.2, 0) is 0 Å². The molecule has 0 aliphatic carbocycles. The number of benzene rings is 3. The maximum atomic E-state index is 13.0. The van der Waals surface area contributed by atoms with Gasteiger partial charge in [0.15, 0.2) is 0 Å². The van der Waals surface area contributed by atoms with Crippen molar-refractivity contribution >= 4 is 11.6 Å². The highest BCUT2D eigenvalue weighted by molar-refractivity contribution is 5.94. The first-order valence-electron chi connectivity index (χ1n) is 11.2. The van der Waals surface area contributed by atoms with Gasteiger partial charge in [-0.15, -0.1) is 10.2 Å². The molecule has 1 aliphatic rings. The summed E-state index contributed by atoms with van der Waals surface area (Å²) in [6, 6.07) is 23.9. The molecule has 5 rings (SSSR count). The van der Waals surface area contributed by atoms with Crippen molar-refractivity contribution in [3.05, 3.63) is 89.5 Å². The highest BCUT2D eigenvalue weighted by atomic mass is 16.4. The van der Waals surface area contributed by atoms with Crippen LogP contribution >= 0.6 is 0 Å². The highest BCUT2D eigenvalue weighted by Gasteiger charge is 2.22. The van der Waals surface area contributed by atoms with E-state index in [1.54, 1.807) is 0 Å². The van der Waals surface area contributed by atoms with Crippen molar-refractivity contribution in [3.8, 4) is 22.9 Å². The van der Waals surface area contributed by atoms with Crippen molar-refractivity contribution < 1.29 is 9.21 Å². The van der Waals surface area contributed by atoms with Crippen molar-refractivity contribution in [1.82, 2.24) is 15.1 Å². The van der Waals surface area contributed by atoms with E-state index in [4.69, 9.17) is 4.42 Å². The van der Waals surface area contributed by atoms with E-state index in [2.05, 4.69) is 46.3 Å². The van der Waals surface area contributed by atoms with Crippen LogP contribution in [0.3, 0.4) is 0 Å². The molecule has 6 heteroatoms. The molecule has 166 valence electrons. The summed E-state index contributed by atoms with van der Waals surface area (Å²) < 4.78 is 5.87. The first-order valence-corrected chi connectivity index (χ1v) is 11.2. The van der Waals surface area contributed by atoms with Gasteiger partial charge in [-0.05, 0) is 67.9 Å². The molecule has 33 heavy (non-hydrogen) atoms. The SMILES string of the molecule is Cc1cccc(-c2nnc(-c3ccc(C(=O)N4CCN(c5cccc(C)c5)CC4)cc3)o2)c1. The Morgan fingerprint density at radius 3 is 2.06 bits per heavy atom. The third kappa shape index (κ3) is 4.51. The molecular weight excluding hydrogens is 412 g/mol. The molecule has 6 nitrogen and oxygen atoms in total. The zero-order chi connectivity index (χ0) is 22.8. The van der Waals surface area contributed by atoms with E-state index in [1.807, 2.05) is 60.4 Å². The molecule has 1 amide bonds. The lowest BCUT2D eigenvalue weighted by Crippen LogP contribution is -2.48. The minimum Gasteiger partial charge on any atom is -0.416 e. The van der Waals surface area contributed by atoms with Gasteiger partial charge in [-0.1, -0.05) is 29.8 Å². The third-order valence-electron chi connectivity index (χ3n) is 6.00. The number of nitrogens with zero attached hydrogens (tertiary/aromatic N) is 4. The minimum absolute atomic E-state index is 0.0522. The molecule has 4 aromatic rings. The first kappa shape index (κ1) is 20.9. The fourth-order valence-corrected chi connectivity index (χ4v) is 4.16. The van der Waals surface area contributed by atoms with Crippen molar-refractivity contribution in [2.45, 2.75) is 13.8 Å². The number of amides is 1.